The lowest BCUT2D eigenvalue weighted by Crippen LogP contribution is -2.46. The van der Waals surface area contributed by atoms with Crippen LogP contribution in [0.1, 0.15) is 278 Å². The molecule has 3 N–H and O–H groups in total. The van der Waals surface area contributed by atoms with Gasteiger partial charge in [0.15, 0.2) is 0 Å². The molecular formula is C55H103NO5. The van der Waals surface area contributed by atoms with Crippen LogP contribution in [0.15, 0.2) is 36.5 Å². The Morgan fingerprint density at radius 3 is 1.30 bits per heavy atom. The Bertz CT molecular complexity index is 1010. The number of aliphatic hydroxyl groups is 2. The number of carbonyl (C=O) groups excluding carboxylic acids is 2. The van der Waals surface area contributed by atoms with Gasteiger partial charge in [-0.25, -0.2) is 0 Å². The highest BCUT2D eigenvalue weighted by Crippen LogP contribution is 2.18. The maximum atomic E-state index is 13.2. The van der Waals surface area contributed by atoms with Crippen molar-refractivity contribution >= 4 is 11.9 Å². The number of ether oxygens (including phenoxy) is 1. The standard InChI is InChI=1S/C55H103NO5/c1-4-7-10-13-16-19-22-24-26-27-28-29-32-34-37-40-43-46-51(61-55(60)48-45-42-39-36-31-21-18-15-12-9-6-3)49-54(59)56-52(50-57)53(58)47-44-41-38-35-33-30-25-23-20-17-14-11-8-5-2/h16,19,24,26,28-29,51-53,57-58H,4-15,17-18,20-23,25,27,30-50H2,1-3H3,(H,56,59)/b19-16-,26-24-,29-28-. The zero-order valence-corrected chi connectivity index (χ0v) is 40.8. The summed E-state index contributed by atoms with van der Waals surface area (Å²) in [5.41, 5.74) is 0. The number of nitrogens with one attached hydrogen (secondary N) is 1. The number of amides is 1. The molecule has 3 atom stereocenters. The van der Waals surface area contributed by atoms with Crippen LogP contribution in [-0.2, 0) is 14.3 Å². The molecule has 0 aromatic carbocycles. The summed E-state index contributed by atoms with van der Waals surface area (Å²) in [6, 6.07) is -0.706. The van der Waals surface area contributed by atoms with Crippen LogP contribution in [0, 0.1) is 0 Å². The molecule has 0 saturated heterocycles. The van der Waals surface area contributed by atoms with Gasteiger partial charge < -0.3 is 20.3 Å². The van der Waals surface area contributed by atoms with Gasteiger partial charge in [-0.1, -0.05) is 237 Å². The molecule has 0 aromatic rings. The predicted octanol–water partition coefficient (Wildman–Crippen LogP) is 16.1. The molecule has 0 fully saturated rings. The van der Waals surface area contributed by atoms with Gasteiger partial charge in [0.25, 0.3) is 0 Å². The molecule has 0 saturated carbocycles. The van der Waals surface area contributed by atoms with E-state index in [-0.39, 0.29) is 24.9 Å². The molecule has 0 radical (unpaired) electrons. The largest absolute Gasteiger partial charge is 0.462 e. The van der Waals surface area contributed by atoms with Crippen molar-refractivity contribution in [3.8, 4) is 0 Å². The van der Waals surface area contributed by atoms with Gasteiger partial charge in [-0.15, -0.1) is 0 Å². The normalized spacial score (nSPS) is 13.5. The van der Waals surface area contributed by atoms with E-state index < -0.39 is 18.2 Å². The molecule has 0 bridgehead atoms. The number of aliphatic hydroxyl groups excluding tert-OH is 2. The lowest BCUT2D eigenvalue weighted by atomic mass is 10.0. The molecule has 358 valence electrons. The van der Waals surface area contributed by atoms with Crippen LogP contribution in [0.25, 0.3) is 0 Å². The van der Waals surface area contributed by atoms with E-state index in [0.717, 1.165) is 83.5 Å². The van der Waals surface area contributed by atoms with Crippen LogP contribution in [0.2, 0.25) is 0 Å². The summed E-state index contributed by atoms with van der Waals surface area (Å²) in [4.78, 5) is 26.1. The molecule has 0 spiro atoms. The minimum absolute atomic E-state index is 0.0664. The Morgan fingerprint density at radius 1 is 0.475 bits per heavy atom. The van der Waals surface area contributed by atoms with Crippen LogP contribution in [0.4, 0.5) is 0 Å². The van der Waals surface area contributed by atoms with Crippen molar-refractivity contribution < 1.29 is 24.5 Å². The number of unbranched alkanes of at least 4 members (excludes halogenated alkanes) is 30. The predicted molar refractivity (Wildman–Crippen MR) is 264 cm³/mol. The second-order valence-electron chi connectivity index (χ2n) is 18.3. The average molecular weight is 858 g/mol. The Hall–Kier alpha value is -1.92. The number of hydrogen-bond acceptors (Lipinski definition) is 5. The van der Waals surface area contributed by atoms with Gasteiger partial charge in [-0.3, -0.25) is 9.59 Å². The molecule has 6 nitrogen and oxygen atoms in total. The van der Waals surface area contributed by atoms with E-state index in [0.29, 0.717) is 19.3 Å². The highest BCUT2D eigenvalue weighted by molar-refractivity contribution is 5.77. The zero-order valence-electron chi connectivity index (χ0n) is 40.8. The molecule has 0 heterocycles. The topological polar surface area (TPSA) is 95.9 Å². The maximum absolute atomic E-state index is 13.2. The number of hydrogen-bond donors (Lipinski definition) is 3. The van der Waals surface area contributed by atoms with Gasteiger partial charge in [0, 0.05) is 6.42 Å². The second-order valence-corrected chi connectivity index (χ2v) is 18.3. The van der Waals surface area contributed by atoms with Crippen LogP contribution in [-0.4, -0.2) is 46.9 Å². The van der Waals surface area contributed by atoms with Crippen LogP contribution in [0.3, 0.4) is 0 Å². The van der Waals surface area contributed by atoms with Crippen molar-refractivity contribution in [2.75, 3.05) is 6.61 Å². The summed E-state index contributed by atoms with van der Waals surface area (Å²) in [6.07, 6.45) is 57.7. The first-order chi connectivity index (χ1) is 30.0. The van der Waals surface area contributed by atoms with Gasteiger partial charge in [-0.2, -0.15) is 0 Å². The van der Waals surface area contributed by atoms with Gasteiger partial charge in [0.05, 0.1) is 25.2 Å². The summed E-state index contributed by atoms with van der Waals surface area (Å²) in [5, 5.41) is 23.8. The number of rotatable bonds is 48. The summed E-state index contributed by atoms with van der Waals surface area (Å²) in [6.45, 7) is 6.46. The van der Waals surface area contributed by atoms with E-state index in [1.807, 2.05) is 0 Å². The van der Waals surface area contributed by atoms with Crippen molar-refractivity contribution in [3.05, 3.63) is 36.5 Å². The summed E-state index contributed by atoms with van der Waals surface area (Å²) in [5.74, 6) is -0.485. The Labute approximate surface area is 379 Å². The van der Waals surface area contributed by atoms with E-state index >= 15 is 0 Å². The first kappa shape index (κ1) is 59.1. The molecule has 3 unspecified atom stereocenters. The highest BCUT2D eigenvalue weighted by atomic mass is 16.5. The van der Waals surface area contributed by atoms with Crippen molar-refractivity contribution in [1.82, 2.24) is 5.32 Å². The van der Waals surface area contributed by atoms with E-state index in [4.69, 9.17) is 4.74 Å². The van der Waals surface area contributed by atoms with Crippen LogP contribution < -0.4 is 5.32 Å². The van der Waals surface area contributed by atoms with Crippen molar-refractivity contribution in [2.24, 2.45) is 0 Å². The second kappa shape index (κ2) is 49.1. The molecule has 0 aromatic heterocycles. The Balaban J connectivity index is 4.59. The molecule has 0 rings (SSSR count). The molecule has 6 heteroatoms. The maximum Gasteiger partial charge on any atom is 0.306 e. The van der Waals surface area contributed by atoms with Crippen molar-refractivity contribution in [2.45, 2.75) is 296 Å². The number of allylic oxidation sites excluding steroid dienone is 6. The fraction of sp³-hybridized carbons (Fsp3) is 0.855. The smallest absolute Gasteiger partial charge is 0.306 e. The minimum atomic E-state index is -0.791. The third kappa shape index (κ3) is 44.5. The fourth-order valence-corrected chi connectivity index (χ4v) is 8.14. The Kier molecular flexibility index (Phi) is 47.6. The fourth-order valence-electron chi connectivity index (χ4n) is 8.14. The minimum Gasteiger partial charge on any atom is -0.462 e. The quantitative estimate of drug-likeness (QED) is 0.0322. The number of esters is 1. The highest BCUT2D eigenvalue weighted by Gasteiger charge is 2.24. The third-order valence-corrected chi connectivity index (χ3v) is 12.2. The van der Waals surface area contributed by atoms with E-state index in [2.05, 4.69) is 62.5 Å². The van der Waals surface area contributed by atoms with Crippen molar-refractivity contribution in [1.29, 1.82) is 0 Å². The first-order valence-electron chi connectivity index (χ1n) is 26.7. The Morgan fingerprint density at radius 2 is 0.836 bits per heavy atom. The molecule has 0 aliphatic heterocycles. The third-order valence-electron chi connectivity index (χ3n) is 12.2. The van der Waals surface area contributed by atoms with E-state index in [1.165, 1.54) is 148 Å². The summed E-state index contributed by atoms with van der Waals surface area (Å²) in [7, 11) is 0. The monoisotopic (exact) mass is 858 g/mol. The first-order valence-corrected chi connectivity index (χ1v) is 26.7. The summed E-state index contributed by atoms with van der Waals surface area (Å²) >= 11 is 0. The van der Waals surface area contributed by atoms with Gasteiger partial charge in [0.1, 0.15) is 6.10 Å². The van der Waals surface area contributed by atoms with Crippen LogP contribution >= 0.6 is 0 Å². The summed E-state index contributed by atoms with van der Waals surface area (Å²) < 4.78 is 5.93. The zero-order chi connectivity index (χ0) is 44.5. The van der Waals surface area contributed by atoms with Gasteiger partial charge >= 0.3 is 5.97 Å². The van der Waals surface area contributed by atoms with Crippen molar-refractivity contribution in [3.63, 3.8) is 0 Å². The lowest BCUT2D eigenvalue weighted by molar-refractivity contribution is -0.151. The molecular weight excluding hydrogens is 755 g/mol. The molecule has 61 heavy (non-hydrogen) atoms. The average Bonchev–Trinajstić information content (AvgIpc) is 3.25. The SMILES string of the molecule is CCCCC/C=C\C/C=C\C/C=C\CCCCCCC(CC(=O)NC(CO)C(O)CCCCCCCCCCCCCCCC)OC(=O)CCCCCCCCCCCCC. The molecule has 0 aliphatic carbocycles. The van der Waals surface area contributed by atoms with Crippen LogP contribution in [0.5, 0.6) is 0 Å². The van der Waals surface area contributed by atoms with Gasteiger partial charge in [0.2, 0.25) is 5.91 Å². The molecule has 0 aliphatic rings. The van der Waals surface area contributed by atoms with Gasteiger partial charge in [-0.05, 0) is 64.2 Å². The number of carbonyl (C=O) groups is 2. The van der Waals surface area contributed by atoms with E-state index in [9.17, 15) is 19.8 Å². The molecule has 1 amide bonds. The lowest BCUT2D eigenvalue weighted by Gasteiger charge is -2.24. The van der Waals surface area contributed by atoms with E-state index in [1.54, 1.807) is 0 Å².